The number of hydrogen-bond donors (Lipinski definition) is 1. The number of ether oxygens (including phenoxy) is 1. The fourth-order valence-corrected chi connectivity index (χ4v) is 1.99. The van der Waals surface area contributed by atoms with Gasteiger partial charge in [-0.25, -0.2) is 4.79 Å². The van der Waals surface area contributed by atoms with Crippen molar-refractivity contribution >= 4 is 51.9 Å². The van der Waals surface area contributed by atoms with Crippen LogP contribution in [0.4, 0.5) is 11.7 Å². The molecule has 0 atom stereocenters. The Morgan fingerprint density at radius 2 is 2.37 bits per heavy atom. The van der Waals surface area contributed by atoms with Gasteiger partial charge in [-0.15, -0.1) is 0 Å². The van der Waals surface area contributed by atoms with Crippen molar-refractivity contribution in [2.75, 3.05) is 11.9 Å². The fourth-order valence-electron chi connectivity index (χ4n) is 1.34. The van der Waals surface area contributed by atoms with Crippen LogP contribution in [0.3, 0.4) is 0 Å². The third-order valence-electron chi connectivity index (χ3n) is 2.16. The number of anilines is 2. The molecule has 0 radical (unpaired) electrons. The Morgan fingerprint density at radius 1 is 1.58 bits per heavy atom. The largest absolute Gasteiger partial charge is 0.461 e. The van der Waals surface area contributed by atoms with Crippen molar-refractivity contribution in [2.24, 2.45) is 0 Å². The highest BCUT2D eigenvalue weighted by Gasteiger charge is 2.13. The zero-order chi connectivity index (χ0) is 13.8. The maximum absolute atomic E-state index is 11.4. The van der Waals surface area contributed by atoms with Gasteiger partial charge in [0, 0.05) is 3.57 Å². The first kappa shape index (κ1) is 14.1. The van der Waals surface area contributed by atoms with E-state index in [0.717, 1.165) is 3.57 Å². The number of aromatic nitrogens is 1. The Hall–Kier alpha value is -1.28. The van der Waals surface area contributed by atoms with Crippen LogP contribution in [-0.4, -0.2) is 17.6 Å². The second-order valence-electron chi connectivity index (χ2n) is 3.51. The van der Waals surface area contributed by atoms with Gasteiger partial charge in [-0.3, -0.25) is 0 Å². The van der Waals surface area contributed by atoms with Gasteiger partial charge >= 0.3 is 5.97 Å². The fraction of sp³-hybridized carbons (Fsp3) is 0.167. The van der Waals surface area contributed by atoms with Crippen molar-refractivity contribution < 1.29 is 13.9 Å². The van der Waals surface area contributed by atoms with E-state index in [1.807, 2.05) is 12.1 Å². The maximum atomic E-state index is 11.4. The molecule has 1 N–H and O–H groups in total. The summed E-state index contributed by atoms with van der Waals surface area (Å²) in [6.45, 7) is 2.01. The third kappa shape index (κ3) is 3.60. The number of nitrogens with one attached hydrogen (secondary N) is 1. The van der Waals surface area contributed by atoms with E-state index in [9.17, 15) is 4.79 Å². The Balaban J connectivity index is 2.15. The minimum atomic E-state index is -0.520. The van der Waals surface area contributed by atoms with Crippen LogP contribution in [-0.2, 0) is 4.74 Å². The van der Waals surface area contributed by atoms with Gasteiger partial charge in [0.2, 0.25) is 0 Å². The monoisotopic (exact) mass is 392 g/mol. The molecule has 0 amide bonds. The molecule has 1 heterocycles. The lowest BCUT2D eigenvalue weighted by atomic mass is 10.3. The van der Waals surface area contributed by atoms with Gasteiger partial charge in [-0.05, 0) is 47.7 Å². The van der Waals surface area contributed by atoms with E-state index >= 15 is 0 Å². The lowest BCUT2D eigenvalue weighted by Crippen LogP contribution is -2.05. The van der Waals surface area contributed by atoms with Crippen molar-refractivity contribution in [3.05, 3.63) is 38.7 Å². The molecule has 0 aliphatic carbocycles. The highest BCUT2D eigenvalue weighted by atomic mass is 127. The van der Waals surface area contributed by atoms with Crippen LogP contribution in [0.25, 0.3) is 0 Å². The predicted octanol–water partition coefficient (Wildman–Crippen LogP) is 3.85. The number of hydrogen-bond acceptors (Lipinski definition) is 5. The van der Waals surface area contributed by atoms with E-state index in [0.29, 0.717) is 10.7 Å². The van der Waals surface area contributed by atoms with Crippen LogP contribution < -0.4 is 5.32 Å². The number of oxazole rings is 1. The van der Waals surface area contributed by atoms with Crippen LogP contribution in [0.1, 0.15) is 17.4 Å². The molecule has 0 aliphatic rings. The minimum Gasteiger partial charge on any atom is -0.461 e. The van der Waals surface area contributed by atoms with Gasteiger partial charge in [-0.2, -0.15) is 4.98 Å². The Morgan fingerprint density at radius 3 is 3.11 bits per heavy atom. The topological polar surface area (TPSA) is 64.4 Å². The second-order valence-corrected chi connectivity index (χ2v) is 5.16. The van der Waals surface area contributed by atoms with Crippen molar-refractivity contribution in [1.29, 1.82) is 0 Å². The Kier molecular flexibility index (Phi) is 4.65. The summed E-state index contributed by atoms with van der Waals surface area (Å²) < 4.78 is 11.0. The Bertz CT molecular complexity index is 600. The van der Waals surface area contributed by atoms with Crippen LogP contribution in [0.15, 0.2) is 28.9 Å². The summed E-state index contributed by atoms with van der Waals surface area (Å²) in [5.41, 5.74) is 0.775. The molecule has 0 spiro atoms. The van der Waals surface area contributed by atoms with E-state index in [1.165, 1.54) is 6.26 Å². The van der Waals surface area contributed by atoms with Crippen LogP contribution in [0, 0.1) is 3.57 Å². The molecule has 0 saturated carbocycles. The van der Waals surface area contributed by atoms with Crippen molar-refractivity contribution in [3.63, 3.8) is 0 Å². The average molecular weight is 393 g/mol. The van der Waals surface area contributed by atoms with Crippen LogP contribution in [0.2, 0.25) is 5.02 Å². The van der Waals surface area contributed by atoms with Crippen LogP contribution >= 0.6 is 34.2 Å². The number of carbonyl (C=O) groups is 1. The molecule has 1 aromatic heterocycles. The van der Waals surface area contributed by atoms with E-state index < -0.39 is 5.97 Å². The number of halogens is 2. The smallest absolute Gasteiger partial charge is 0.360 e. The second kappa shape index (κ2) is 6.25. The summed E-state index contributed by atoms with van der Waals surface area (Å²) in [5, 5.41) is 3.45. The van der Waals surface area contributed by atoms with Crippen LogP contribution in [0.5, 0.6) is 0 Å². The summed E-state index contributed by atoms with van der Waals surface area (Å²) in [7, 11) is 0. The van der Waals surface area contributed by atoms with Gasteiger partial charge in [-0.1, -0.05) is 11.6 Å². The molecule has 100 valence electrons. The lowest BCUT2D eigenvalue weighted by molar-refractivity contribution is 0.0519. The zero-order valence-corrected chi connectivity index (χ0v) is 12.9. The lowest BCUT2D eigenvalue weighted by Gasteiger charge is -2.04. The first-order chi connectivity index (χ1) is 9.10. The molecule has 5 nitrogen and oxygen atoms in total. The standard InChI is InChI=1S/C12H10ClIN2O3/c1-2-18-11(17)10-6-19-12(16-10)15-9-5-7(14)3-4-8(9)13/h3-6H,2H2,1H3,(H,15,16). The van der Waals surface area contributed by atoms with Gasteiger partial charge in [0.15, 0.2) is 5.69 Å². The van der Waals surface area contributed by atoms with E-state index in [1.54, 1.807) is 13.0 Å². The van der Waals surface area contributed by atoms with Gasteiger partial charge in [0.1, 0.15) is 6.26 Å². The van der Waals surface area contributed by atoms with Crippen molar-refractivity contribution in [2.45, 2.75) is 6.92 Å². The first-order valence-corrected chi connectivity index (χ1v) is 6.90. The quantitative estimate of drug-likeness (QED) is 0.632. The molecule has 19 heavy (non-hydrogen) atoms. The predicted molar refractivity (Wildman–Crippen MR) is 79.9 cm³/mol. The van der Waals surface area contributed by atoms with Gasteiger partial charge in [0.25, 0.3) is 6.01 Å². The summed E-state index contributed by atoms with van der Waals surface area (Å²) >= 11 is 8.21. The summed E-state index contributed by atoms with van der Waals surface area (Å²) in [6.07, 6.45) is 1.24. The molecular weight excluding hydrogens is 383 g/mol. The minimum absolute atomic E-state index is 0.117. The highest BCUT2D eigenvalue weighted by molar-refractivity contribution is 14.1. The van der Waals surface area contributed by atoms with Crippen molar-refractivity contribution in [1.82, 2.24) is 4.98 Å². The zero-order valence-electron chi connectivity index (χ0n) is 9.94. The van der Waals surface area contributed by atoms with E-state index in [2.05, 4.69) is 32.9 Å². The number of rotatable bonds is 4. The maximum Gasteiger partial charge on any atom is 0.360 e. The molecule has 2 aromatic rings. The van der Waals surface area contributed by atoms with Gasteiger partial charge < -0.3 is 14.5 Å². The van der Waals surface area contributed by atoms with E-state index in [-0.39, 0.29) is 18.3 Å². The number of nitrogens with zero attached hydrogens (tertiary/aromatic N) is 1. The molecule has 0 fully saturated rings. The molecule has 0 aliphatic heterocycles. The van der Waals surface area contributed by atoms with Crippen molar-refractivity contribution in [3.8, 4) is 0 Å². The molecule has 0 saturated heterocycles. The molecular formula is C12H10ClIN2O3. The van der Waals surface area contributed by atoms with E-state index in [4.69, 9.17) is 20.8 Å². The van der Waals surface area contributed by atoms with Gasteiger partial charge in [0.05, 0.1) is 17.3 Å². The third-order valence-corrected chi connectivity index (χ3v) is 3.16. The average Bonchev–Trinajstić information content (AvgIpc) is 2.83. The number of carbonyl (C=O) groups excluding carboxylic acids is 1. The highest BCUT2D eigenvalue weighted by Crippen LogP contribution is 2.26. The Labute approximate surface area is 128 Å². The molecule has 1 aromatic carbocycles. The summed E-state index contributed by atoms with van der Waals surface area (Å²) in [5.74, 6) is -0.520. The molecule has 0 unspecified atom stereocenters. The number of benzene rings is 1. The molecule has 7 heteroatoms. The molecule has 0 bridgehead atoms. The number of esters is 1. The summed E-state index contributed by atoms with van der Waals surface area (Å²) in [6, 6.07) is 5.68. The first-order valence-electron chi connectivity index (χ1n) is 5.45. The SMILES string of the molecule is CCOC(=O)c1coc(Nc2cc(I)ccc2Cl)n1. The normalized spacial score (nSPS) is 10.3. The summed E-state index contributed by atoms with van der Waals surface area (Å²) in [4.78, 5) is 15.4. The molecule has 2 rings (SSSR count).